The van der Waals surface area contributed by atoms with Crippen LogP contribution >= 0.6 is 0 Å². The standard InChI is InChI=1S/C16H26O/c1-14(2)8-5-9-15(3)12(14)6-10-16(4)13(15)7-11-17-16/h7,12H,5-6,8-11H2,1-4H3/t12-,15-,16-/m0/s1. The third-order valence-corrected chi connectivity index (χ3v) is 6.01. The van der Waals surface area contributed by atoms with Crippen LogP contribution in [0, 0.1) is 16.7 Å². The summed E-state index contributed by atoms with van der Waals surface area (Å²) in [6, 6.07) is 0. The molecule has 0 unspecified atom stereocenters. The van der Waals surface area contributed by atoms with Crippen LogP contribution in [-0.4, -0.2) is 12.2 Å². The van der Waals surface area contributed by atoms with Gasteiger partial charge < -0.3 is 4.74 Å². The van der Waals surface area contributed by atoms with Crippen molar-refractivity contribution in [1.29, 1.82) is 0 Å². The van der Waals surface area contributed by atoms with E-state index >= 15 is 0 Å². The van der Waals surface area contributed by atoms with Gasteiger partial charge in [0.05, 0.1) is 12.2 Å². The molecule has 0 aromatic heterocycles. The molecule has 1 heteroatoms. The summed E-state index contributed by atoms with van der Waals surface area (Å²) in [4.78, 5) is 0. The van der Waals surface area contributed by atoms with E-state index in [9.17, 15) is 0 Å². The molecule has 3 rings (SSSR count). The van der Waals surface area contributed by atoms with Crippen LogP contribution in [0.25, 0.3) is 0 Å². The first-order valence-corrected chi connectivity index (χ1v) is 7.24. The van der Waals surface area contributed by atoms with Gasteiger partial charge in [0.1, 0.15) is 0 Å². The molecule has 2 aliphatic carbocycles. The SMILES string of the molecule is CC1(C)CCC[C@]2(C)C3=CCO[C@@]3(C)CC[C@@H]12. The van der Waals surface area contributed by atoms with Gasteiger partial charge in [0.15, 0.2) is 0 Å². The fraction of sp³-hybridized carbons (Fsp3) is 0.875. The maximum Gasteiger partial charge on any atom is 0.0874 e. The number of rotatable bonds is 0. The van der Waals surface area contributed by atoms with Crippen LogP contribution in [0.1, 0.15) is 59.8 Å². The second kappa shape index (κ2) is 3.38. The first-order chi connectivity index (χ1) is 7.89. The van der Waals surface area contributed by atoms with E-state index in [2.05, 4.69) is 33.8 Å². The van der Waals surface area contributed by atoms with Crippen molar-refractivity contribution in [3.05, 3.63) is 11.6 Å². The fourth-order valence-corrected chi connectivity index (χ4v) is 5.22. The minimum absolute atomic E-state index is 0.0681. The summed E-state index contributed by atoms with van der Waals surface area (Å²) in [6.45, 7) is 10.6. The van der Waals surface area contributed by atoms with Crippen molar-refractivity contribution < 1.29 is 4.74 Å². The van der Waals surface area contributed by atoms with E-state index in [1.807, 2.05) is 0 Å². The highest BCUT2D eigenvalue weighted by molar-refractivity contribution is 5.32. The molecule has 0 aromatic carbocycles. The first-order valence-electron chi connectivity index (χ1n) is 7.24. The Balaban J connectivity index is 2.04. The van der Waals surface area contributed by atoms with Crippen LogP contribution in [-0.2, 0) is 4.74 Å². The van der Waals surface area contributed by atoms with Gasteiger partial charge in [0.25, 0.3) is 0 Å². The molecule has 1 aliphatic heterocycles. The molecule has 0 N–H and O–H groups in total. The lowest BCUT2D eigenvalue weighted by Gasteiger charge is -2.58. The zero-order valence-corrected chi connectivity index (χ0v) is 11.8. The van der Waals surface area contributed by atoms with E-state index in [-0.39, 0.29) is 5.60 Å². The summed E-state index contributed by atoms with van der Waals surface area (Å²) in [5.41, 5.74) is 2.62. The molecule has 0 spiro atoms. The highest BCUT2D eigenvalue weighted by Gasteiger charge is 2.56. The Kier molecular flexibility index (Phi) is 2.34. The van der Waals surface area contributed by atoms with Crippen molar-refractivity contribution in [3.63, 3.8) is 0 Å². The Morgan fingerprint density at radius 2 is 1.88 bits per heavy atom. The minimum atomic E-state index is 0.0681. The molecule has 1 heterocycles. The molecule has 1 nitrogen and oxygen atoms in total. The van der Waals surface area contributed by atoms with E-state index in [0.717, 1.165) is 12.5 Å². The average molecular weight is 234 g/mol. The molecule has 17 heavy (non-hydrogen) atoms. The van der Waals surface area contributed by atoms with Gasteiger partial charge in [-0.2, -0.15) is 0 Å². The monoisotopic (exact) mass is 234 g/mol. The molecule has 2 fully saturated rings. The Labute approximate surface area is 106 Å². The molecule has 0 bridgehead atoms. The van der Waals surface area contributed by atoms with Crippen molar-refractivity contribution in [3.8, 4) is 0 Å². The maximum atomic E-state index is 6.03. The van der Waals surface area contributed by atoms with Crippen molar-refractivity contribution in [1.82, 2.24) is 0 Å². The summed E-state index contributed by atoms with van der Waals surface area (Å²) in [6.07, 6.45) is 9.12. The molecule has 0 aromatic rings. The number of hydrogen-bond acceptors (Lipinski definition) is 1. The van der Waals surface area contributed by atoms with Crippen LogP contribution in [0.3, 0.4) is 0 Å². The van der Waals surface area contributed by atoms with Gasteiger partial charge >= 0.3 is 0 Å². The predicted octanol–water partition coefficient (Wildman–Crippen LogP) is 4.33. The van der Waals surface area contributed by atoms with Crippen LogP contribution in [0.4, 0.5) is 0 Å². The topological polar surface area (TPSA) is 9.23 Å². The van der Waals surface area contributed by atoms with Gasteiger partial charge in [-0.25, -0.2) is 0 Å². The van der Waals surface area contributed by atoms with Crippen molar-refractivity contribution in [2.24, 2.45) is 16.7 Å². The molecule has 3 atom stereocenters. The van der Waals surface area contributed by atoms with Gasteiger partial charge in [-0.15, -0.1) is 0 Å². The van der Waals surface area contributed by atoms with Crippen molar-refractivity contribution in [2.45, 2.75) is 65.4 Å². The quantitative estimate of drug-likeness (QED) is 0.567. The Morgan fingerprint density at radius 3 is 2.65 bits per heavy atom. The van der Waals surface area contributed by atoms with Gasteiger partial charge in [-0.05, 0) is 54.9 Å². The van der Waals surface area contributed by atoms with Crippen molar-refractivity contribution >= 4 is 0 Å². The van der Waals surface area contributed by atoms with Gasteiger partial charge in [-0.3, -0.25) is 0 Å². The third kappa shape index (κ3) is 1.47. The molecule has 3 aliphatic rings. The first kappa shape index (κ1) is 11.8. The van der Waals surface area contributed by atoms with E-state index in [0.29, 0.717) is 10.8 Å². The predicted molar refractivity (Wildman–Crippen MR) is 70.9 cm³/mol. The number of hydrogen-bond donors (Lipinski definition) is 0. The zero-order chi connectivity index (χ0) is 12.3. The van der Waals surface area contributed by atoms with Crippen LogP contribution in [0.2, 0.25) is 0 Å². The summed E-state index contributed by atoms with van der Waals surface area (Å²) < 4.78 is 6.03. The molecule has 0 amide bonds. The molecule has 0 saturated heterocycles. The summed E-state index contributed by atoms with van der Waals surface area (Å²) in [5, 5.41) is 0. The van der Waals surface area contributed by atoms with Crippen LogP contribution in [0.15, 0.2) is 11.6 Å². The Hall–Kier alpha value is -0.300. The zero-order valence-electron chi connectivity index (χ0n) is 11.8. The molecule has 96 valence electrons. The van der Waals surface area contributed by atoms with Crippen LogP contribution in [0.5, 0.6) is 0 Å². The Morgan fingerprint density at radius 1 is 1.12 bits per heavy atom. The second-order valence-electron chi connectivity index (χ2n) is 7.51. The summed E-state index contributed by atoms with van der Waals surface area (Å²) in [5.74, 6) is 0.852. The third-order valence-electron chi connectivity index (χ3n) is 6.01. The fourth-order valence-electron chi connectivity index (χ4n) is 5.22. The van der Waals surface area contributed by atoms with E-state index in [4.69, 9.17) is 4.74 Å². The smallest absolute Gasteiger partial charge is 0.0874 e. The largest absolute Gasteiger partial charge is 0.367 e. The second-order valence-corrected chi connectivity index (χ2v) is 7.51. The lowest BCUT2D eigenvalue weighted by molar-refractivity contribution is -0.0709. The lowest BCUT2D eigenvalue weighted by atomic mass is 9.48. The van der Waals surface area contributed by atoms with Gasteiger partial charge in [0, 0.05) is 0 Å². The molecule has 2 saturated carbocycles. The normalized spacial score (nSPS) is 48.2. The average Bonchev–Trinajstić information content (AvgIpc) is 2.60. The van der Waals surface area contributed by atoms with E-state index in [1.54, 1.807) is 5.57 Å². The summed E-state index contributed by atoms with van der Waals surface area (Å²) >= 11 is 0. The number of ether oxygens (including phenoxy) is 1. The number of fused-ring (bicyclic) bond motifs is 3. The van der Waals surface area contributed by atoms with E-state index in [1.165, 1.54) is 32.1 Å². The lowest BCUT2D eigenvalue weighted by Crippen LogP contribution is -2.52. The molecule has 0 radical (unpaired) electrons. The summed E-state index contributed by atoms with van der Waals surface area (Å²) in [7, 11) is 0. The minimum Gasteiger partial charge on any atom is -0.367 e. The highest BCUT2D eigenvalue weighted by Crippen LogP contribution is 2.63. The van der Waals surface area contributed by atoms with Crippen LogP contribution < -0.4 is 0 Å². The van der Waals surface area contributed by atoms with Crippen molar-refractivity contribution in [2.75, 3.05) is 6.61 Å². The Bertz CT molecular complexity index is 368. The maximum absolute atomic E-state index is 6.03. The van der Waals surface area contributed by atoms with Gasteiger partial charge in [-0.1, -0.05) is 33.3 Å². The molecular weight excluding hydrogens is 208 g/mol. The highest BCUT2D eigenvalue weighted by atomic mass is 16.5. The van der Waals surface area contributed by atoms with Gasteiger partial charge in [0.2, 0.25) is 0 Å². The molecular formula is C16H26O. The van der Waals surface area contributed by atoms with E-state index < -0.39 is 0 Å².